The molecule has 1 saturated heterocycles. The molecule has 0 amide bonds. The number of thiocarbonyl (C=S) groups is 1. The molecule has 0 aliphatic carbocycles. The van der Waals surface area contributed by atoms with Crippen LogP contribution in [0.15, 0.2) is 23.1 Å². The second-order valence-electron chi connectivity index (χ2n) is 4.88. The summed E-state index contributed by atoms with van der Waals surface area (Å²) in [7, 11) is -2.93. The van der Waals surface area contributed by atoms with Gasteiger partial charge < -0.3 is 10.6 Å². The lowest BCUT2D eigenvalue weighted by molar-refractivity contribution is 0.568. The predicted octanol–water partition coefficient (Wildman–Crippen LogP) is 1.67. The van der Waals surface area contributed by atoms with Crippen LogP contribution in [0.25, 0.3) is 0 Å². The highest BCUT2D eigenvalue weighted by atomic mass is 32.2. The van der Waals surface area contributed by atoms with Crippen LogP contribution in [-0.2, 0) is 9.84 Å². The second kappa shape index (κ2) is 5.91. The predicted molar refractivity (Wildman–Crippen MR) is 89.6 cm³/mol. The van der Waals surface area contributed by atoms with Gasteiger partial charge in [0, 0.05) is 28.7 Å². The van der Waals surface area contributed by atoms with E-state index in [0.717, 1.165) is 16.1 Å². The molecule has 110 valence electrons. The first-order valence-electron chi connectivity index (χ1n) is 6.29. The molecule has 0 spiro atoms. The van der Waals surface area contributed by atoms with Crippen molar-refractivity contribution in [2.24, 2.45) is 5.73 Å². The minimum absolute atomic E-state index is 0.0704. The lowest BCUT2D eigenvalue weighted by Crippen LogP contribution is -2.47. The van der Waals surface area contributed by atoms with E-state index in [0.29, 0.717) is 11.5 Å². The highest BCUT2D eigenvalue weighted by Gasteiger charge is 2.30. The van der Waals surface area contributed by atoms with Crippen molar-refractivity contribution in [2.45, 2.75) is 17.9 Å². The molecule has 1 aromatic rings. The smallest absolute Gasteiger partial charge is 0.154 e. The number of nitrogens with zero attached hydrogens (tertiary/aromatic N) is 1. The molecule has 1 unspecified atom stereocenters. The molecule has 0 radical (unpaired) electrons. The Morgan fingerprint density at radius 2 is 2.20 bits per heavy atom. The molecule has 1 heterocycles. The van der Waals surface area contributed by atoms with E-state index in [2.05, 4.69) is 4.90 Å². The summed E-state index contributed by atoms with van der Waals surface area (Å²) in [4.78, 5) is 3.47. The Balaban J connectivity index is 2.45. The summed E-state index contributed by atoms with van der Waals surface area (Å²) in [6.07, 6.45) is 1.98. The normalized spacial score (nSPS) is 21.7. The van der Waals surface area contributed by atoms with Crippen molar-refractivity contribution in [1.82, 2.24) is 0 Å². The average Bonchev–Trinajstić information content (AvgIpc) is 2.36. The summed E-state index contributed by atoms with van der Waals surface area (Å²) in [5.41, 5.74) is 7.65. The molecule has 1 fully saturated rings. The average molecular weight is 330 g/mol. The Morgan fingerprint density at radius 3 is 2.75 bits per heavy atom. The maximum Gasteiger partial charge on any atom is 0.154 e. The fraction of sp³-hybridized carbons (Fsp3) is 0.462. The fourth-order valence-electron chi connectivity index (χ4n) is 2.53. The SMILES string of the molecule is CSc1cccc(N2CCS(=O)(=O)CC2C)c1C(N)=S. The van der Waals surface area contributed by atoms with Gasteiger partial charge in [-0.1, -0.05) is 18.3 Å². The topological polar surface area (TPSA) is 63.4 Å². The number of sulfone groups is 1. The molecular weight excluding hydrogens is 312 g/mol. The van der Waals surface area contributed by atoms with Crippen LogP contribution in [-0.4, -0.2) is 43.8 Å². The van der Waals surface area contributed by atoms with E-state index in [1.165, 1.54) is 0 Å². The zero-order chi connectivity index (χ0) is 14.9. The molecule has 1 aliphatic heterocycles. The Hall–Kier alpha value is -0.790. The fourth-order valence-corrected chi connectivity index (χ4v) is 5.00. The number of nitrogens with two attached hydrogens (primary N) is 1. The van der Waals surface area contributed by atoms with E-state index in [9.17, 15) is 8.42 Å². The summed E-state index contributed by atoms with van der Waals surface area (Å²) in [6, 6.07) is 5.83. The third-order valence-electron chi connectivity index (χ3n) is 3.45. The van der Waals surface area contributed by atoms with Crippen LogP contribution in [0, 0.1) is 0 Å². The van der Waals surface area contributed by atoms with Crippen LogP contribution >= 0.6 is 24.0 Å². The van der Waals surface area contributed by atoms with Crippen LogP contribution in [0.2, 0.25) is 0 Å². The van der Waals surface area contributed by atoms with Crippen molar-refractivity contribution in [1.29, 1.82) is 0 Å². The van der Waals surface area contributed by atoms with Gasteiger partial charge in [-0.05, 0) is 25.3 Å². The highest BCUT2D eigenvalue weighted by molar-refractivity contribution is 7.98. The molecule has 1 atom stereocenters. The Bertz CT molecular complexity index is 629. The van der Waals surface area contributed by atoms with Gasteiger partial charge in [0.25, 0.3) is 0 Å². The van der Waals surface area contributed by atoms with Gasteiger partial charge in [-0.2, -0.15) is 0 Å². The molecule has 7 heteroatoms. The molecule has 0 saturated carbocycles. The van der Waals surface area contributed by atoms with Crippen molar-refractivity contribution in [2.75, 3.05) is 29.2 Å². The summed E-state index contributed by atoms with van der Waals surface area (Å²) in [5.74, 6) is 0.352. The van der Waals surface area contributed by atoms with Crippen LogP contribution in [0.3, 0.4) is 0 Å². The number of rotatable bonds is 3. The van der Waals surface area contributed by atoms with Gasteiger partial charge in [0.05, 0.1) is 11.5 Å². The molecule has 0 aromatic heterocycles. The quantitative estimate of drug-likeness (QED) is 0.672. The summed E-state index contributed by atoms with van der Waals surface area (Å²) < 4.78 is 23.4. The number of thioether (sulfide) groups is 1. The minimum atomic E-state index is -2.93. The summed E-state index contributed by atoms with van der Waals surface area (Å²) in [6.45, 7) is 2.41. The van der Waals surface area contributed by atoms with Crippen molar-refractivity contribution < 1.29 is 8.42 Å². The number of anilines is 1. The Kier molecular flexibility index (Phi) is 4.61. The second-order valence-corrected chi connectivity index (χ2v) is 8.39. The van der Waals surface area contributed by atoms with Crippen LogP contribution in [0.5, 0.6) is 0 Å². The minimum Gasteiger partial charge on any atom is -0.389 e. The van der Waals surface area contributed by atoms with Crippen molar-refractivity contribution in [3.05, 3.63) is 23.8 Å². The molecule has 20 heavy (non-hydrogen) atoms. The molecular formula is C13H18N2O2S3. The van der Waals surface area contributed by atoms with Crippen LogP contribution in [0.4, 0.5) is 5.69 Å². The van der Waals surface area contributed by atoms with E-state index in [4.69, 9.17) is 18.0 Å². The summed E-state index contributed by atoms with van der Waals surface area (Å²) >= 11 is 6.77. The zero-order valence-corrected chi connectivity index (χ0v) is 13.9. The van der Waals surface area contributed by atoms with Crippen LogP contribution in [0.1, 0.15) is 12.5 Å². The largest absolute Gasteiger partial charge is 0.389 e. The van der Waals surface area contributed by atoms with Gasteiger partial charge in [0.2, 0.25) is 0 Å². The van der Waals surface area contributed by atoms with Gasteiger partial charge in [0.15, 0.2) is 9.84 Å². The zero-order valence-electron chi connectivity index (χ0n) is 11.5. The van der Waals surface area contributed by atoms with Gasteiger partial charge in [0.1, 0.15) is 4.99 Å². The molecule has 1 aromatic carbocycles. The lowest BCUT2D eigenvalue weighted by Gasteiger charge is -2.36. The van der Waals surface area contributed by atoms with E-state index < -0.39 is 9.84 Å². The highest BCUT2D eigenvalue weighted by Crippen LogP contribution is 2.32. The van der Waals surface area contributed by atoms with Gasteiger partial charge in [-0.15, -0.1) is 11.8 Å². The van der Waals surface area contributed by atoms with Crippen molar-refractivity contribution in [3.63, 3.8) is 0 Å². The number of hydrogen-bond acceptors (Lipinski definition) is 5. The first kappa shape index (κ1) is 15.6. The third kappa shape index (κ3) is 3.10. The lowest BCUT2D eigenvalue weighted by atomic mass is 10.1. The van der Waals surface area contributed by atoms with Gasteiger partial charge >= 0.3 is 0 Å². The van der Waals surface area contributed by atoms with Gasteiger partial charge in [-0.25, -0.2) is 8.42 Å². The van der Waals surface area contributed by atoms with E-state index in [1.807, 2.05) is 31.4 Å². The van der Waals surface area contributed by atoms with Crippen LogP contribution < -0.4 is 10.6 Å². The molecule has 0 bridgehead atoms. The number of hydrogen-bond donors (Lipinski definition) is 1. The summed E-state index contributed by atoms with van der Waals surface area (Å²) in [5, 5.41) is 0. The maximum absolute atomic E-state index is 11.7. The monoisotopic (exact) mass is 330 g/mol. The number of benzene rings is 1. The molecule has 2 N–H and O–H groups in total. The first-order valence-corrected chi connectivity index (χ1v) is 9.75. The molecule has 1 aliphatic rings. The van der Waals surface area contributed by atoms with E-state index >= 15 is 0 Å². The van der Waals surface area contributed by atoms with E-state index in [-0.39, 0.29) is 17.5 Å². The first-order chi connectivity index (χ1) is 9.35. The van der Waals surface area contributed by atoms with Crippen molar-refractivity contribution in [3.8, 4) is 0 Å². The third-order valence-corrected chi connectivity index (χ3v) is 6.23. The Morgan fingerprint density at radius 1 is 1.50 bits per heavy atom. The van der Waals surface area contributed by atoms with E-state index in [1.54, 1.807) is 11.8 Å². The molecule has 2 rings (SSSR count). The standard InChI is InChI=1S/C13H18N2O2S3/c1-9-8-20(16,17)7-6-15(9)10-4-3-5-11(19-2)12(10)13(14)18/h3-5,9H,6-8H2,1-2H3,(H2,14,18). The van der Waals surface area contributed by atoms with Gasteiger partial charge in [-0.3, -0.25) is 0 Å². The molecule has 4 nitrogen and oxygen atoms in total. The maximum atomic E-state index is 11.7. The Labute approximate surface area is 129 Å². The van der Waals surface area contributed by atoms with Crippen molar-refractivity contribution >= 4 is 44.5 Å².